The first-order chi connectivity index (χ1) is 9.29. The van der Waals surface area contributed by atoms with E-state index in [4.69, 9.17) is 9.84 Å². The zero-order chi connectivity index (χ0) is 15.3. The second-order valence-electron chi connectivity index (χ2n) is 4.47. The first-order valence-electron chi connectivity index (χ1n) is 6.12. The number of rotatable bonds is 7. The van der Waals surface area contributed by atoms with E-state index in [1.54, 1.807) is 21.0 Å². The minimum Gasteiger partial charge on any atom is -0.478 e. The zero-order valence-electron chi connectivity index (χ0n) is 11.8. The Labute approximate surface area is 118 Å². The minimum absolute atomic E-state index is 0.00677. The molecule has 0 radical (unpaired) electrons. The molecule has 7 heteroatoms. The second kappa shape index (κ2) is 6.83. The minimum atomic E-state index is -3.72. The number of methoxy groups -OCH3 is 1. The molecule has 0 heterocycles. The molecule has 0 aliphatic rings. The van der Waals surface area contributed by atoms with Crippen molar-refractivity contribution in [3.05, 3.63) is 28.8 Å². The van der Waals surface area contributed by atoms with Crippen LogP contribution in [0.1, 0.15) is 27.9 Å². The van der Waals surface area contributed by atoms with E-state index in [0.29, 0.717) is 24.2 Å². The van der Waals surface area contributed by atoms with E-state index in [1.807, 2.05) is 0 Å². The number of ether oxygens (including phenoxy) is 1. The summed E-state index contributed by atoms with van der Waals surface area (Å²) >= 11 is 0. The maximum atomic E-state index is 12.2. The van der Waals surface area contributed by atoms with E-state index in [9.17, 15) is 13.2 Å². The molecule has 0 atom stereocenters. The maximum absolute atomic E-state index is 12.2. The Morgan fingerprint density at radius 1 is 1.35 bits per heavy atom. The van der Waals surface area contributed by atoms with Crippen molar-refractivity contribution in [2.24, 2.45) is 0 Å². The molecule has 20 heavy (non-hydrogen) atoms. The van der Waals surface area contributed by atoms with E-state index in [2.05, 4.69) is 4.72 Å². The lowest BCUT2D eigenvalue weighted by Crippen LogP contribution is -2.26. The van der Waals surface area contributed by atoms with Crippen LogP contribution in [0, 0.1) is 13.8 Å². The molecule has 112 valence electrons. The summed E-state index contributed by atoms with van der Waals surface area (Å²) in [5.74, 6) is -1.15. The lowest BCUT2D eigenvalue weighted by Gasteiger charge is -2.12. The lowest BCUT2D eigenvalue weighted by molar-refractivity contribution is 0.0696. The molecule has 1 rings (SSSR count). The molecule has 0 aliphatic heterocycles. The molecule has 0 amide bonds. The van der Waals surface area contributed by atoms with Gasteiger partial charge in [-0.05, 0) is 43.5 Å². The van der Waals surface area contributed by atoms with E-state index in [0.717, 1.165) is 0 Å². The molecule has 0 saturated carbocycles. The first kappa shape index (κ1) is 16.6. The maximum Gasteiger partial charge on any atom is 0.335 e. The van der Waals surface area contributed by atoms with Crippen LogP contribution in [0.5, 0.6) is 0 Å². The predicted octanol–water partition coefficient (Wildman–Crippen LogP) is 1.32. The summed E-state index contributed by atoms with van der Waals surface area (Å²) in [4.78, 5) is 11.0. The predicted molar refractivity (Wildman–Crippen MR) is 74.6 cm³/mol. The topological polar surface area (TPSA) is 92.7 Å². The van der Waals surface area contributed by atoms with Crippen LogP contribution >= 0.6 is 0 Å². The number of aromatic carboxylic acids is 1. The number of carboxylic acids is 1. The second-order valence-corrected chi connectivity index (χ2v) is 6.20. The number of carboxylic acid groups (broad SMARTS) is 1. The van der Waals surface area contributed by atoms with Crippen LogP contribution in [0.2, 0.25) is 0 Å². The molecule has 0 aliphatic carbocycles. The summed E-state index contributed by atoms with van der Waals surface area (Å²) in [5.41, 5.74) is 1.14. The van der Waals surface area contributed by atoms with Gasteiger partial charge >= 0.3 is 5.97 Å². The third-order valence-corrected chi connectivity index (χ3v) is 4.56. The Hall–Kier alpha value is -1.44. The standard InChI is InChI=1S/C13H19NO5S/c1-9-7-11(13(15)16)8-12(10(9)2)20(17,18)14-5-4-6-19-3/h7-8,14H,4-6H2,1-3H3,(H,15,16). The van der Waals surface area contributed by atoms with Crippen LogP contribution in [0.25, 0.3) is 0 Å². The lowest BCUT2D eigenvalue weighted by atomic mass is 10.1. The summed E-state index contributed by atoms with van der Waals surface area (Å²) < 4.78 is 31.7. The van der Waals surface area contributed by atoms with E-state index in [1.165, 1.54) is 12.1 Å². The number of carbonyl (C=O) groups is 1. The summed E-state index contributed by atoms with van der Waals surface area (Å²) in [6.07, 6.45) is 0.548. The van der Waals surface area contributed by atoms with Crippen molar-refractivity contribution in [3.63, 3.8) is 0 Å². The molecule has 0 fully saturated rings. The van der Waals surface area contributed by atoms with Crippen molar-refractivity contribution in [3.8, 4) is 0 Å². The Kier molecular flexibility index (Phi) is 5.67. The van der Waals surface area contributed by atoms with Gasteiger partial charge in [0.15, 0.2) is 0 Å². The Morgan fingerprint density at radius 3 is 2.55 bits per heavy atom. The number of hydrogen-bond donors (Lipinski definition) is 2. The van der Waals surface area contributed by atoms with Gasteiger partial charge < -0.3 is 9.84 Å². The highest BCUT2D eigenvalue weighted by atomic mass is 32.2. The Bertz CT molecular complexity index is 595. The molecule has 6 nitrogen and oxygen atoms in total. The fourth-order valence-corrected chi connectivity index (χ4v) is 3.15. The number of hydrogen-bond acceptors (Lipinski definition) is 4. The fourth-order valence-electron chi connectivity index (χ4n) is 1.73. The van der Waals surface area contributed by atoms with E-state index in [-0.39, 0.29) is 17.0 Å². The SMILES string of the molecule is COCCCNS(=O)(=O)c1cc(C(=O)O)cc(C)c1C. The number of sulfonamides is 1. The number of aryl methyl sites for hydroxylation is 1. The van der Waals surface area contributed by atoms with Crippen LogP contribution < -0.4 is 4.72 Å². The average Bonchev–Trinajstić information content (AvgIpc) is 2.37. The fraction of sp³-hybridized carbons (Fsp3) is 0.462. The highest BCUT2D eigenvalue weighted by molar-refractivity contribution is 7.89. The van der Waals surface area contributed by atoms with Crippen molar-refractivity contribution in [1.82, 2.24) is 4.72 Å². The van der Waals surface area contributed by atoms with Gasteiger partial charge in [-0.1, -0.05) is 0 Å². The smallest absolute Gasteiger partial charge is 0.335 e. The molecule has 0 saturated heterocycles. The molecule has 1 aromatic carbocycles. The van der Waals surface area contributed by atoms with Gasteiger partial charge in [-0.2, -0.15) is 0 Å². The van der Waals surface area contributed by atoms with Gasteiger partial charge in [0, 0.05) is 20.3 Å². The molecule has 0 spiro atoms. The van der Waals surface area contributed by atoms with Crippen molar-refractivity contribution >= 4 is 16.0 Å². The third-order valence-electron chi connectivity index (χ3n) is 2.97. The van der Waals surface area contributed by atoms with Crippen LogP contribution in [0.4, 0.5) is 0 Å². The van der Waals surface area contributed by atoms with Crippen molar-refractivity contribution in [2.45, 2.75) is 25.2 Å². The summed E-state index contributed by atoms with van der Waals surface area (Å²) in [7, 11) is -2.18. The highest BCUT2D eigenvalue weighted by Crippen LogP contribution is 2.21. The van der Waals surface area contributed by atoms with Crippen molar-refractivity contribution in [1.29, 1.82) is 0 Å². The van der Waals surface area contributed by atoms with Gasteiger partial charge in [-0.25, -0.2) is 17.9 Å². The van der Waals surface area contributed by atoms with Crippen molar-refractivity contribution in [2.75, 3.05) is 20.3 Å². The average molecular weight is 301 g/mol. The van der Waals surface area contributed by atoms with E-state index >= 15 is 0 Å². The van der Waals surface area contributed by atoms with Crippen LogP contribution in [-0.4, -0.2) is 39.8 Å². The Morgan fingerprint density at radius 2 is 2.00 bits per heavy atom. The van der Waals surface area contributed by atoms with Gasteiger partial charge in [0.25, 0.3) is 0 Å². The molecule has 0 unspecified atom stereocenters. The van der Waals surface area contributed by atoms with Crippen LogP contribution in [0.3, 0.4) is 0 Å². The molecule has 1 aromatic rings. The first-order valence-corrected chi connectivity index (χ1v) is 7.61. The molecule has 0 aromatic heterocycles. The number of nitrogens with one attached hydrogen (secondary N) is 1. The highest BCUT2D eigenvalue weighted by Gasteiger charge is 2.20. The monoisotopic (exact) mass is 301 g/mol. The van der Waals surface area contributed by atoms with Crippen LogP contribution in [0.15, 0.2) is 17.0 Å². The van der Waals surface area contributed by atoms with Gasteiger partial charge in [-0.3, -0.25) is 0 Å². The normalized spacial score (nSPS) is 11.6. The van der Waals surface area contributed by atoms with Gasteiger partial charge in [0.05, 0.1) is 10.5 Å². The van der Waals surface area contributed by atoms with Crippen molar-refractivity contribution < 1.29 is 23.1 Å². The van der Waals surface area contributed by atoms with E-state index < -0.39 is 16.0 Å². The van der Waals surface area contributed by atoms with Gasteiger partial charge in [-0.15, -0.1) is 0 Å². The summed E-state index contributed by atoms with van der Waals surface area (Å²) in [6, 6.07) is 2.64. The zero-order valence-corrected chi connectivity index (χ0v) is 12.6. The quantitative estimate of drug-likeness (QED) is 0.741. The summed E-state index contributed by atoms with van der Waals surface area (Å²) in [5, 5.41) is 9.00. The molecule has 0 bridgehead atoms. The number of benzene rings is 1. The molecule has 2 N–H and O–H groups in total. The van der Waals surface area contributed by atoms with Gasteiger partial charge in [0.2, 0.25) is 10.0 Å². The third kappa shape index (κ3) is 4.03. The van der Waals surface area contributed by atoms with Crippen LogP contribution in [-0.2, 0) is 14.8 Å². The summed E-state index contributed by atoms with van der Waals surface area (Å²) in [6.45, 7) is 4.04. The largest absolute Gasteiger partial charge is 0.478 e. The van der Waals surface area contributed by atoms with Gasteiger partial charge in [0.1, 0.15) is 0 Å². The molecular weight excluding hydrogens is 282 g/mol. The Balaban J connectivity index is 3.07. The molecular formula is C13H19NO5S.